The van der Waals surface area contributed by atoms with Crippen LogP contribution in [0.4, 0.5) is 0 Å². The second-order valence-corrected chi connectivity index (χ2v) is 5.38. The van der Waals surface area contributed by atoms with Gasteiger partial charge < -0.3 is 9.73 Å². The quantitative estimate of drug-likeness (QED) is 0.928. The smallest absolute Gasteiger partial charge is 0.209 e. The van der Waals surface area contributed by atoms with Crippen LogP contribution >= 0.6 is 0 Å². The molecule has 0 bridgehead atoms. The van der Waals surface area contributed by atoms with E-state index in [1.807, 2.05) is 36.5 Å². The van der Waals surface area contributed by atoms with Gasteiger partial charge in [-0.15, -0.1) is 0 Å². The summed E-state index contributed by atoms with van der Waals surface area (Å²) < 4.78 is 5.86. The SMILES string of the molecule is CN(Cc1ncc(-c2ccccc2)o1)C1CCNCC1. The summed E-state index contributed by atoms with van der Waals surface area (Å²) in [5, 5.41) is 3.39. The summed E-state index contributed by atoms with van der Waals surface area (Å²) in [7, 11) is 2.16. The van der Waals surface area contributed by atoms with Crippen molar-refractivity contribution in [1.29, 1.82) is 0 Å². The maximum Gasteiger partial charge on any atom is 0.209 e. The summed E-state index contributed by atoms with van der Waals surface area (Å²) in [6.45, 7) is 2.99. The third kappa shape index (κ3) is 3.08. The van der Waals surface area contributed by atoms with E-state index in [2.05, 4.69) is 22.2 Å². The van der Waals surface area contributed by atoms with E-state index in [0.717, 1.165) is 36.8 Å². The highest BCUT2D eigenvalue weighted by Crippen LogP contribution is 2.21. The molecule has 3 rings (SSSR count). The zero-order valence-corrected chi connectivity index (χ0v) is 11.9. The van der Waals surface area contributed by atoms with Crippen LogP contribution in [-0.4, -0.2) is 36.1 Å². The Hall–Kier alpha value is -1.65. The minimum Gasteiger partial charge on any atom is -0.439 e. The van der Waals surface area contributed by atoms with Crippen LogP contribution < -0.4 is 5.32 Å². The fourth-order valence-corrected chi connectivity index (χ4v) is 2.71. The molecular weight excluding hydrogens is 250 g/mol. The number of benzene rings is 1. The van der Waals surface area contributed by atoms with Gasteiger partial charge in [0, 0.05) is 11.6 Å². The Balaban J connectivity index is 1.65. The van der Waals surface area contributed by atoms with E-state index in [9.17, 15) is 0 Å². The van der Waals surface area contributed by atoms with Gasteiger partial charge in [0.25, 0.3) is 0 Å². The van der Waals surface area contributed by atoms with Gasteiger partial charge in [-0.25, -0.2) is 4.98 Å². The van der Waals surface area contributed by atoms with Crippen LogP contribution in [-0.2, 0) is 6.54 Å². The first-order valence-corrected chi connectivity index (χ1v) is 7.24. The summed E-state index contributed by atoms with van der Waals surface area (Å²) in [6.07, 6.45) is 4.21. The molecule has 20 heavy (non-hydrogen) atoms. The Morgan fingerprint density at radius 2 is 2.00 bits per heavy atom. The topological polar surface area (TPSA) is 41.3 Å². The Morgan fingerprint density at radius 1 is 1.25 bits per heavy atom. The number of hydrogen-bond acceptors (Lipinski definition) is 4. The van der Waals surface area contributed by atoms with Crippen molar-refractivity contribution in [3.8, 4) is 11.3 Å². The van der Waals surface area contributed by atoms with Crippen molar-refractivity contribution in [3.05, 3.63) is 42.4 Å². The maximum absolute atomic E-state index is 5.86. The van der Waals surface area contributed by atoms with Gasteiger partial charge in [-0.3, -0.25) is 4.90 Å². The van der Waals surface area contributed by atoms with Gasteiger partial charge in [0.05, 0.1) is 12.7 Å². The molecule has 1 saturated heterocycles. The zero-order chi connectivity index (χ0) is 13.8. The summed E-state index contributed by atoms with van der Waals surface area (Å²) in [5.41, 5.74) is 1.08. The van der Waals surface area contributed by atoms with Gasteiger partial charge in [0.1, 0.15) is 0 Å². The summed E-state index contributed by atoms with van der Waals surface area (Å²) in [5.74, 6) is 1.64. The Kier molecular flexibility index (Phi) is 4.14. The van der Waals surface area contributed by atoms with E-state index in [1.54, 1.807) is 0 Å². The lowest BCUT2D eigenvalue weighted by molar-refractivity contribution is 0.177. The van der Waals surface area contributed by atoms with E-state index >= 15 is 0 Å². The number of piperidine rings is 1. The van der Waals surface area contributed by atoms with Crippen molar-refractivity contribution < 1.29 is 4.42 Å². The van der Waals surface area contributed by atoms with Crippen LogP contribution in [0.5, 0.6) is 0 Å². The number of rotatable bonds is 4. The predicted octanol–water partition coefficient (Wildman–Crippen LogP) is 2.53. The number of aromatic nitrogens is 1. The Labute approximate surface area is 119 Å². The summed E-state index contributed by atoms with van der Waals surface area (Å²) in [4.78, 5) is 6.75. The zero-order valence-electron chi connectivity index (χ0n) is 11.9. The number of nitrogens with zero attached hydrogens (tertiary/aromatic N) is 2. The molecule has 0 aliphatic carbocycles. The molecule has 0 unspecified atom stereocenters. The lowest BCUT2D eigenvalue weighted by atomic mass is 10.1. The lowest BCUT2D eigenvalue weighted by Gasteiger charge is -2.30. The molecule has 0 radical (unpaired) electrons. The molecule has 4 heteroatoms. The fourth-order valence-electron chi connectivity index (χ4n) is 2.71. The molecule has 0 spiro atoms. The Morgan fingerprint density at radius 3 is 2.75 bits per heavy atom. The molecule has 4 nitrogen and oxygen atoms in total. The maximum atomic E-state index is 5.86. The van der Waals surface area contributed by atoms with Crippen LogP contribution in [0.25, 0.3) is 11.3 Å². The highest BCUT2D eigenvalue weighted by atomic mass is 16.4. The van der Waals surface area contributed by atoms with Crippen LogP contribution in [0.2, 0.25) is 0 Å². The van der Waals surface area contributed by atoms with E-state index < -0.39 is 0 Å². The lowest BCUT2D eigenvalue weighted by Crippen LogP contribution is -2.40. The summed E-state index contributed by atoms with van der Waals surface area (Å²) in [6, 6.07) is 10.7. The first-order valence-electron chi connectivity index (χ1n) is 7.24. The molecule has 1 aromatic heterocycles. The third-order valence-corrected chi connectivity index (χ3v) is 3.93. The minimum absolute atomic E-state index is 0.628. The molecule has 2 aromatic rings. The first-order chi connectivity index (χ1) is 9.83. The molecule has 2 heterocycles. The predicted molar refractivity (Wildman–Crippen MR) is 79.3 cm³/mol. The minimum atomic E-state index is 0.628. The molecule has 106 valence electrons. The van der Waals surface area contributed by atoms with Crippen molar-refractivity contribution >= 4 is 0 Å². The molecule has 1 fully saturated rings. The van der Waals surface area contributed by atoms with E-state index in [1.165, 1.54) is 12.8 Å². The second-order valence-electron chi connectivity index (χ2n) is 5.38. The summed E-state index contributed by atoms with van der Waals surface area (Å²) >= 11 is 0. The average molecular weight is 271 g/mol. The van der Waals surface area contributed by atoms with Crippen LogP contribution in [0.15, 0.2) is 40.9 Å². The van der Waals surface area contributed by atoms with E-state index in [4.69, 9.17) is 4.42 Å². The molecular formula is C16H21N3O. The molecule has 0 atom stereocenters. The molecule has 1 N–H and O–H groups in total. The van der Waals surface area contributed by atoms with Crippen molar-refractivity contribution in [3.63, 3.8) is 0 Å². The van der Waals surface area contributed by atoms with Crippen LogP contribution in [0.3, 0.4) is 0 Å². The highest BCUT2D eigenvalue weighted by Gasteiger charge is 2.19. The van der Waals surface area contributed by atoms with Crippen LogP contribution in [0.1, 0.15) is 18.7 Å². The molecule has 0 amide bonds. The van der Waals surface area contributed by atoms with E-state index in [-0.39, 0.29) is 0 Å². The second kappa shape index (κ2) is 6.20. The third-order valence-electron chi connectivity index (χ3n) is 3.93. The standard InChI is InChI=1S/C16H21N3O/c1-19(14-7-9-17-10-8-14)12-16-18-11-15(20-16)13-5-3-2-4-6-13/h2-6,11,14,17H,7-10,12H2,1H3. The molecule has 0 saturated carbocycles. The number of oxazole rings is 1. The van der Waals surface area contributed by atoms with E-state index in [0.29, 0.717) is 6.04 Å². The molecule has 1 aliphatic heterocycles. The van der Waals surface area contributed by atoms with Gasteiger partial charge in [0.2, 0.25) is 5.89 Å². The van der Waals surface area contributed by atoms with Crippen molar-refractivity contribution in [2.24, 2.45) is 0 Å². The average Bonchev–Trinajstić information content (AvgIpc) is 2.97. The van der Waals surface area contributed by atoms with Gasteiger partial charge >= 0.3 is 0 Å². The van der Waals surface area contributed by atoms with Crippen molar-refractivity contribution in [2.45, 2.75) is 25.4 Å². The normalized spacial score (nSPS) is 16.7. The Bertz CT molecular complexity index is 532. The van der Waals surface area contributed by atoms with Gasteiger partial charge in [-0.1, -0.05) is 30.3 Å². The number of nitrogens with one attached hydrogen (secondary N) is 1. The highest BCUT2D eigenvalue weighted by molar-refractivity contribution is 5.55. The van der Waals surface area contributed by atoms with Crippen LogP contribution in [0, 0.1) is 0 Å². The molecule has 1 aromatic carbocycles. The van der Waals surface area contributed by atoms with Crippen molar-refractivity contribution in [1.82, 2.24) is 15.2 Å². The first kappa shape index (κ1) is 13.3. The monoisotopic (exact) mass is 271 g/mol. The fraction of sp³-hybridized carbons (Fsp3) is 0.438. The van der Waals surface area contributed by atoms with Gasteiger partial charge in [-0.05, 0) is 33.0 Å². The van der Waals surface area contributed by atoms with Gasteiger partial charge in [0.15, 0.2) is 5.76 Å². The van der Waals surface area contributed by atoms with Gasteiger partial charge in [-0.2, -0.15) is 0 Å². The number of hydrogen-bond donors (Lipinski definition) is 1. The van der Waals surface area contributed by atoms with Crippen molar-refractivity contribution in [2.75, 3.05) is 20.1 Å². The largest absolute Gasteiger partial charge is 0.439 e. The molecule has 1 aliphatic rings.